The van der Waals surface area contributed by atoms with Gasteiger partial charge in [0, 0.05) is 9.75 Å². The van der Waals surface area contributed by atoms with Crippen LogP contribution in [0.4, 0.5) is 0 Å². The first-order valence-electron chi connectivity index (χ1n) is 16.2. The molecule has 7 aromatic rings. The molecule has 0 bridgehead atoms. The summed E-state index contributed by atoms with van der Waals surface area (Å²) in [4.78, 5) is 2.53. The molecule has 0 spiro atoms. The first-order chi connectivity index (χ1) is 22.9. The van der Waals surface area contributed by atoms with E-state index in [-0.39, 0.29) is 0 Å². The molecule has 47 heavy (non-hydrogen) atoms. The predicted molar refractivity (Wildman–Crippen MR) is 210 cm³/mol. The van der Waals surface area contributed by atoms with Gasteiger partial charge in [0.2, 0.25) is 0 Å². The van der Waals surface area contributed by atoms with Gasteiger partial charge in [-0.15, -0.1) is 11.3 Å². The Bertz CT molecular complexity index is 2350. The Morgan fingerprint density at radius 2 is 1.15 bits per heavy atom. The zero-order chi connectivity index (χ0) is 32.5. The number of thiophene rings is 1. The molecule has 0 fully saturated rings. The van der Waals surface area contributed by atoms with Crippen LogP contribution < -0.4 is 0 Å². The molecule has 0 radical (unpaired) electrons. The number of hydrogen-bond acceptors (Lipinski definition) is 1. The van der Waals surface area contributed by atoms with Crippen molar-refractivity contribution in [1.82, 2.24) is 0 Å². The Labute approximate surface area is 282 Å². The van der Waals surface area contributed by atoms with Gasteiger partial charge in [-0.2, -0.15) is 0 Å². The summed E-state index contributed by atoms with van der Waals surface area (Å²) in [6.07, 6.45) is 8.53. The molecule has 0 aliphatic heterocycles. The first-order valence-corrected chi connectivity index (χ1v) is 17.1. The van der Waals surface area contributed by atoms with Crippen LogP contribution in [0.5, 0.6) is 0 Å². The Morgan fingerprint density at radius 1 is 0.574 bits per heavy atom. The van der Waals surface area contributed by atoms with Crippen LogP contribution in [0.2, 0.25) is 0 Å². The van der Waals surface area contributed by atoms with Gasteiger partial charge in [-0.1, -0.05) is 134 Å². The minimum Gasteiger partial charge on any atom is -0.136 e. The standard InChI is InChI=1S/C46H38S/c1-6-33(7-2)44-26-25-43(47-44)32(5)21-20-31(4)34-13-12-14-37(28-34)45-39-15-8-10-17-41(39)46(42-18-11-9-16-40(42)45)38-24-23-35-27-30(3)19-22-36(35)29-38/h6-29H,1H2,2-5H3/b31-20+,32-21+,33-7+. The molecular weight excluding hydrogens is 585 g/mol. The van der Waals surface area contributed by atoms with Gasteiger partial charge >= 0.3 is 0 Å². The van der Waals surface area contributed by atoms with Crippen molar-refractivity contribution < 1.29 is 0 Å². The zero-order valence-corrected chi connectivity index (χ0v) is 28.3. The molecule has 0 saturated carbocycles. The molecule has 6 aromatic carbocycles. The Balaban J connectivity index is 1.33. The van der Waals surface area contributed by atoms with Crippen LogP contribution in [0.1, 0.15) is 41.7 Å². The number of allylic oxidation sites excluding steroid dienone is 7. The second-order valence-corrected chi connectivity index (χ2v) is 13.4. The Morgan fingerprint density at radius 3 is 1.79 bits per heavy atom. The van der Waals surface area contributed by atoms with Crippen LogP contribution in [0.15, 0.2) is 152 Å². The van der Waals surface area contributed by atoms with Crippen LogP contribution in [0.25, 0.3) is 71.3 Å². The molecule has 7 rings (SSSR count). The van der Waals surface area contributed by atoms with Gasteiger partial charge in [-0.05, 0) is 129 Å². The smallest absolute Gasteiger partial charge is 0.0345 e. The summed E-state index contributed by atoms with van der Waals surface area (Å²) in [5.41, 5.74) is 11.2. The lowest BCUT2D eigenvalue weighted by molar-refractivity contribution is 1.51. The van der Waals surface area contributed by atoms with Gasteiger partial charge < -0.3 is 0 Å². The van der Waals surface area contributed by atoms with Crippen molar-refractivity contribution in [2.24, 2.45) is 0 Å². The summed E-state index contributed by atoms with van der Waals surface area (Å²) >= 11 is 1.81. The topological polar surface area (TPSA) is 0 Å². The lowest BCUT2D eigenvalue weighted by Crippen LogP contribution is -1.91. The van der Waals surface area contributed by atoms with Crippen molar-refractivity contribution in [3.8, 4) is 22.3 Å². The van der Waals surface area contributed by atoms with Gasteiger partial charge in [-0.25, -0.2) is 0 Å². The molecule has 0 amide bonds. The van der Waals surface area contributed by atoms with E-state index in [0.717, 1.165) is 0 Å². The van der Waals surface area contributed by atoms with Crippen LogP contribution in [0.3, 0.4) is 0 Å². The monoisotopic (exact) mass is 622 g/mol. The van der Waals surface area contributed by atoms with Gasteiger partial charge in [0.25, 0.3) is 0 Å². The van der Waals surface area contributed by atoms with Gasteiger partial charge in [0.1, 0.15) is 0 Å². The number of fused-ring (bicyclic) bond motifs is 3. The average molecular weight is 623 g/mol. The summed E-state index contributed by atoms with van der Waals surface area (Å²) in [5, 5.41) is 7.64. The molecule has 1 heteroatoms. The highest BCUT2D eigenvalue weighted by atomic mass is 32.1. The number of rotatable bonds is 7. The highest BCUT2D eigenvalue weighted by Gasteiger charge is 2.17. The van der Waals surface area contributed by atoms with E-state index in [1.54, 1.807) is 0 Å². The molecule has 0 aliphatic rings. The van der Waals surface area contributed by atoms with Crippen LogP contribution in [-0.2, 0) is 0 Å². The van der Waals surface area contributed by atoms with Gasteiger partial charge in [0.15, 0.2) is 0 Å². The molecule has 228 valence electrons. The SMILES string of the molecule is C=C/C(=C\C)c1ccc(/C(C)=C/C=C(\C)c2cccc(-c3c4ccccc4c(-c4ccc5cc(C)ccc5c4)c4ccccc34)c2)s1. The van der Waals surface area contributed by atoms with Crippen molar-refractivity contribution >= 4 is 60.4 Å². The lowest BCUT2D eigenvalue weighted by atomic mass is 9.85. The number of aryl methyl sites for hydroxylation is 1. The van der Waals surface area contributed by atoms with E-state index in [4.69, 9.17) is 0 Å². The van der Waals surface area contributed by atoms with E-state index < -0.39 is 0 Å². The van der Waals surface area contributed by atoms with Crippen LogP contribution >= 0.6 is 11.3 Å². The first kappa shape index (κ1) is 30.4. The zero-order valence-electron chi connectivity index (χ0n) is 27.5. The van der Waals surface area contributed by atoms with Crippen LogP contribution in [-0.4, -0.2) is 0 Å². The highest BCUT2D eigenvalue weighted by molar-refractivity contribution is 7.14. The van der Waals surface area contributed by atoms with Crippen molar-refractivity contribution in [3.05, 3.63) is 173 Å². The fraction of sp³-hybridized carbons (Fsp3) is 0.0870. The van der Waals surface area contributed by atoms with E-state index in [9.17, 15) is 0 Å². The largest absolute Gasteiger partial charge is 0.136 e. The fourth-order valence-corrected chi connectivity index (χ4v) is 7.74. The molecule has 0 aliphatic carbocycles. The number of benzene rings is 6. The van der Waals surface area contributed by atoms with Gasteiger partial charge in [-0.3, -0.25) is 0 Å². The molecular formula is C46H38S. The fourth-order valence-electron chi connectivity index (χ4n) is 6.69. The summed E-state index contributed by atoms with van der Waals surface area (Å²) < 4.78 is 0. The second-order valence-electron chi connectivity index (χ2n) is 12.3. The van der Waals surface area contributed by atoms with Crippen molar-refractivity contribution in [1.29, 1.82) is 0 Å². The predicted octanol–water partition coefficient (Wildman–Crippen LogP) is 13.9. The quantitative estimate of drug-likeness (QED) is 0.123. The Hall–Kier alpha value is -5.24. The molecule has 0 nitrogen and oxygen atoms in total. The van der Waals surface area contributed by atoms with Crippen molar-refractivity contribution in [2.45, 2.75) is 27.7 Å². The van der Waals surface area contributed by atoms with E-state index in [1.165, 1.54) is 92.2 Å². The maximum atomic E-state index is 3.96. The summed E-state index contributed by atoms with van der Waals surface area (Å²) in [7, 11) is 0. The van der Waals surface area contributed by atoms with Crippen molar-refractivity contribution in [3.63, 3.8) is 0 Å². The summed E-state index contributed by atoms with van der Waals surface area (Å²) in [6.45, 7) is 12.6. The maximum Gasteiger partial charge on any atom is 0.0345 e. The van der Waals surface area contributed by atoms with E-state index >= 15 is 0 Å². The third-order valence-corrected chi connectivity index (χ3v) is 10.5. The van der Waals surface area contributed by atoms with E-state index in [2.05, 4.69) is 174 Å². The highest BCUT2D eigenvalue weighted by Crippen LogP contribution is 2.44. The van der Waals surface area contributed by atoms with Crippen LogP contribution in [0, 0.1) is 6.92 Å². The lowest BCUT2D eigenvalue weighted by Gasteiger charge is -2.18. The minimum atomic E-state index is 1.18. The average Bonchev–Trinajstić information content (AvgIpc) is 3.60. The van der Waals surface area contributed by atoms with E-state index in [0.29, 0.717) is 0 Å². The summed E-state index contributed by atoms with van der Waals surface area (Å²) in [5.74, 6) is 0. The Kier molecular flexibility index (Phi) is 8.33. The molecule has 1 heterocycles. The normalized spacial score (nSPS) is 12.7. The third kappa shape index (κ3) is 5.80. The second kappa shape index (κ2) is 12.9. The molecule has 1 aromatic heterocycles. The van der Waals surface area contributed by atoms with Gasteiger partial charge in [0.05, 0.1) is 0 Å². The van der Waals surface area contributed by atoms with Crippen molar-refractivity contribution in [2.75, 3.05) is 0 Å². The summed E-state index contributed by atoms with van der Waals surface area (Å²) in [6, 6.07) is 44.8. The molecule has 0 unspecified atom stereocenters. The number of hydrogen-bond donors (Lipinski definition) is 0. The minimum absolute atomic E-state index is 1.18. The third-order valence-electron chi connectivity index (χ3n) is 9.22. The molecule has 0 saturated heterocycles. The van der Waals surface area contributed by atoms with E-state index in [1.807, 2.05) is 17.4 Å². The maximum absolute atomic E-state index is 3.96. The molecule has 0 N–H and O–H groups in total. The molecule has 0 atom stereocenters.